The summed E-state index contributed by atoms with van der Waals surface area (Å²) in [5.74, 6) is -1.05. The highest BCUT2D eigenvalue weighted by Gasteiger charge is 2.29. The Bertz CT molecular complexity index is 529. The molecule has 1 amide bonds. The van der Waals surface area contributed by atoms with Crippen LogP contribution < -0.4 is 5.32 Å². The van der Waals surface area contributed by atoms with E-state index >= 15 is 0 Å². The van der Waals surface area contributed by atoms with Crippen molar-refractivity contribution in [3.8, 4) is 0 Å². The molecule has 0 spiro atoms. The molecule has 128 valence electrons. The Kier molecular flexibility index (Phi) is 7.82. The van der Waals surface area contributed by atoms with Crippen LogP contribution in [0.1, 0.15) is 25.3 Å². The monoisotopic (exact) mass is 360 g/mol. The number of nitrogens with zero attached hydrogens (tertiary/aromatic N) is 1. The molecule has 23 heavy (non-hydrogen) atoms. The largest absolute Gasteiger partial charge is 0.481 e. The molecule has 1 atom stereocenters. The van der Waals surface area contributed by atoms with Crippen molar-refractivity contribution in [3.05, 3.63) is 34.9 Å². The average Bonchev–Trinajstić information content (AvgIpc) is 2.53. The van der Waals surface area contributed by atoms with Gasteiger partial charge in [0.25, 0.3) is 0 Å². The lowest BCUT2D eigenvalue weighted by Crippen LogP contribution is -2.48. The van der Waals surface area contributed by atoms with Gasteiger partial charge in [-0.2, -0.15) is 0 Å². The second-order valence-corrected chi connectivity index (χ2v) is 6.11. The van der Waals surface area contributed by atoms with E-state index in [2.05, 4.69) is 5.32 Å². The molecule has 0 aliphatic carbocycles. The molecule has 5 nitrogen and oxygen atoms in total. The van der Waals surface area contributed by atoms with Crippen molar-refractivity contribution < 1.29 is 14.7 Å². The molecule has 0 saturated carbocycles. The Balaban J connectivity index is 0.00000264. The van der Waals surface area contributed by atoms with Crippen molar-refractivity contribution in [1.82, 2.24) is 10.2 Å². The number of rotatable bonds is 5. The number of carboxylic acid groups (broad SMARTS) is 1. The summed E-state index contributed by atoms with van der Waals surface area (Å²) in [6.07, 6.45) is 1.20. The van der Waals surface area contributed by atoms with Crippen LogP contribution >= 0.6 is 24.0 Å². The Morgan fingerprint density at radius 2 is 1.87 bits per heavy atom. The normalized spacial score (nSPS) is 17.1. The molecule has 0 aromatic heterocycles. The molecular formula is C16H22Cl2N2O3. The summed E-state index contributed by atoms with van der Waals surface area (Å²) in [5, 5.41) is 12.6. The maximum atomic E-state index is 12.2. The van der Waals surface area contributed by atoms with E-state index in [1.807, 2.05) is 24.0 Å². The van der Waals surface area contributed by atoms with E-state index in [0.717, 1.165) is 5.56 Å². The van der Waals surface area contributed by atoms with Crippen molar-refractivity contribution >= 4 is 35.9 Å². The first-order chi connectivity index (χ1) is 10.5. The minimum absolute atomic E-state index is 0. The molecule has 1 fully saturated rings. The molecular weight excluding hydrogens is 339 g/mol. The number of hydrogen-bond acceptors (Lipinski definition) is 3. The number of likely N-dealkylation sites (tertiary alicyclic amines) is 1. The molecule has 1 heterocycles. The van der Waals surface area contributed by atoms with Crippen molar-refractivity contribution in [2.45, 2.75) is 32.4 Å². The van der Waals surface area contributed by atoms with E-state index in [4.69, 9.17) is 16.7 Å². The summed E-state index contributed by atoms with van der Waals surface area (Å²) in [4.78, 5) is 25.2. The maximum Gasteiger partial charge on any atom is 0.306 e. The zero-order chi connectivity index (χ0) is 16.1. The van der Waals surface area contributed by atoms with Crippen molar-refractivity contribution in [2.24, 2.45) is 5.92 Å². The van der Waals surface area contributed by atoms with E-state index in [-0.39, 0.29) is 30.3 Å². The lowest BCUT2D eigenvalue weighted by molar-refractivity contribution is -0.143. The van der Waals surface area contributed by atoms with Gasteiger partial charge in [-0.05, 0) is 50.6 Å². The van der Waals surface area contributed by atoms with Gasteiger partial charge < -0.3 is 10.4 Å². The zero-order valence-electron chi connectivity index (χ0n) is 13.0. The third-order valence-corrected chi connectivity index (χ3v) is 4.44. The molecule has 0 radical (unpaired) electrons. The molecule has 1 aliphatic rings. The molecule has 1 aromatic carbocycles. The first-order valence-corrected chi connectivity index (χ1v) is 7.84. The number of carbonyl (C=O) groups is 2. The van der Waals surface area contributed by atoms with Crippen LogP contribution in [0.3, 0.4) is 0 Å². The smallest absolute Gasteiger partial charge is 0.306 e. The fourth-order valence-corrected chi connectivity index (χ4v) is 2.76. The van der Waals surface area contributed by atoms with E-state index in [1.165, 1.54) is 0 Å². The van der Waals surface area contributed by atoms with E-state index in [1.54, 1.807) is 12.1 Å². The lowest BCUT2D eigenvalue weighted by Gasteiger charge is -2.33. The van der Waals surface area contributed by atoms with Crippen LogP contribution in [0.2, 0.25) is 5.02 Å². The fourth-order valence-electron chi connectivity index (χ4n) is 2.64. The fraction of sp³-hybridized carbons (Fsp3) is 0.500. The summed E-state index contributed by atoms with van der Waals surface area (Å²) >= 11 is 5.82. The summed E-state index contributed by atoms with van der Waals surface area (Å²) in [6, 6.07) is 7.10. The quantitative estimate of drug-likeness (QED) is 0.846. The maximum absolute atomic E-state index is 12.2. The molecule has 1 aromatic rings. The predicted molar refractivity (Wildman–Crippen MR) is 91.9 cm³/mol. The van der Waals surface area contributed by atoms with Gasteiger partial charge in [0.15, 0.2) is 0 Å². The van der Waals surface area contributed by atoms with Crippen molar-refractivity contribution in [2.75, 3.05) is 13.1 Å². The molecule has 1 saturated heterocycles. The number of amides is 1. The second-order valence-electron chi connectivity index (χ2n) is 5.67. The van der Waals surface area contributed by atoms with Gasteiger partial charge in [-0.25, -0.2) is 0 Å². The topological polar surface area (TPSA) is 69.6 Å². The Labute approximate surface area is 147 Å². The summed E-state index contributed by atoms with van der Waals surface area (Å²) < 4.78 is 0. The van der Waals surface area contributed by atoms with Crippen LogP contribution in [0.5, 0.6) is 0 Å². The summed E-state index contributed by atoms with van der Waals surface area (Å²) in [6.45, 7) is 3.61. The van der Waals surface area contributed by atoms with Gasteiger partial charge in [-0.1, -0.05) is 23.7 Å². The van der Waals surface area contributed by atoms with Gasteiger partial charge in [0, 0.05) is 11.6 Å². The van der Waals surface area contributed by atoms with Crippen LogP contribution in [0, 0.1) is 5.92 Å². The van der Waals surface area contributed by atoms with Gasteiger partial charge in [0.05, 0.1) is 12.0 Å². The lowest BCUT2D eigenvalue weighted by atomic mass is 9.96. The number of piperidine rings is 1. The standard InChI is InChI=1S/C16H21ClN2O3.ClH/c1-11(19-8-6-13(7-9-19)16(21)22)15(20)18-10-12-2-4-14(17)5-3-12;/h2-5,11,13H,6-10H2,1H3,(H,18,20)(H,21,22);1H. The molecule has 1 unspecified atom stereocenters. The van der Waals surface area contributed by atoms with E-state index < -0.39 is 5.97 Å². The molecule has 2 N–H and O–H groups in total. The zero-order valence-corrected chi connectivity index (χ0v) is 14.6. The minimum Gasteiger partial charge on any atom is -0.481 e. The van der Waals surface area contributed by atoms with Crippen LogP contribution in [-0.2, 0) is 16.1 Å². The Morgan fingerprint density at radius 1 is 1.30 bits per heavy atom. The summed E-state index contributed by atoms with van der Waals surface area (Å²) in [7, 11) is 0. The van der Waals surface area contributed by atoms with Gasteiger partial charge in [0.1, 0.15) is 0 Å². The van der Waals surface area contributed by atoms with Crippen molar-refractivity contribution in [3.63, 3.8) is 0 Å². The van der Waals surface area contributed by atoms with Gasteiger partial charge in [0.2, 0.25) is 5.91 Å². The first-order valence-electron chi connectivity index (χ1n) is 7.46. The number of aliphatic carboxylic acids is 1. The van der Waals surface area contributed by atoms with Gasteiger partial charge in [-0.15, -0.1) is 12.4 Å². The van der Waals surface area contributed by atoms with E-state index in [9.17, 15) is 9.59 Å². The van der Waals surface area contributed by atoms with Crippen LogP contribution in [0.15, 0.2) is 24.3 Å². The molecule has 2 rings (SSSR count). The third-order valence-electron chi connectivity index (χ3n) is 4.19. The molecule has 7 heteroatoms. The SMILES string of the molecule is CC(C(=O)NCc1ccc(Cl)cc1)N1CCC(C(=O)O)CC1.Cl. The number of benzene rings is 1. The Morgan fingerprint density at radius 3 is 2.39 bits per heavy atom. The average molecular weight is 361 g/mol. The number of hydrogen-bond donors (Lipinski definition) is 2. The molecule has 1 aliphatic heterocycles. The van der Waals surface area contributed by atoms with Crippen LogP contribution in [0.4, 0.5) is 0 Å². The van der Waals surface area contributed by atoms with Crippen molar-refractivity contribution in [1.29, 1.82) is 0 Å². The number of halogens is 2. The molecule has 0 bridgehead atoms. The minimum atomic E-state index is -0.737. The van der Waals surface area contributed by atoms with E-state index in [0.29, 0.717) is 37.5 Å². The third kappa shape index (κ3) is 5.68. The summed E-state index contributed by atoms with van der Waals surface area (Å²) in [5.41, 5.74) is 0.995. The first kappa shape index (κ1) is 19.7. The number of nitrogens with one attached hydrogen (secondary N) is 1. The number of carbonyl (C=O) groups excluding carboxylic acids is 1. The highest BCUT2D eigenvalue weighted by atomic mass is 35.5. The highest BCUT2D eigenvalue weighted by Crippen LogP contribution is 2.19. The van der Waals surface area contributed by atoms with Crippen LogP contribution in [-0.4, -0.2) is 41.0 Å². The van der Waals surface area contributed by atoms with Crippen LogP contribution in [0.25, 0.3) is 0 Å². The Hall–Kier alpha value is -1.30. The van der Waals surface area contributed by atoms with Gasteiger partial charge >= 0.3 is 5.97 Å². The highest BCUT2D eigenvalue weighted by molar-refractivity contribution is 6.30. The predicted octanol–water partition coefficient (Wildman–Crippen LogP) is 2.56. The van der Waals surface area contributed by atoms with Gasteiger partial charge in [-0.3, -0.25) is 14.5 Å². The second kappa shape index (κ2) is 9.11. The number of carboxylic acids is 1.